The van der Waals surface area contributed by atoms with E-state index in [1.165, 1.54) is 4.88 Å². The first-order valence-corrected chi connectivity index (χ1v) is 7.66. The largest absolute Gasteiger partial charge is 0.352 e. The number of thiophene rings is 1. The van der Waals surface area contributed by atoms with Crippen molar-refractivity contribution < 1.29 is 4.79 Å². The highest BCUT2D eigenvalue weighted by molar-refractivity contribution is 7.09. The van der Waals surface area contributed by atoms with Gasteiger partial charge in [0.05, 0.1) is 0 Å². The second-order valence-corrected chi connectivity index (χ2v) is 6.03. The molecular formula is C16H20N2OS. The summed E-state index contributed by atoms with van der Waals surface area (Å²) in [5.74, 6) is 0.410. The molecule has 1 atom stereocenters. The topological polar surface area (TPSA) is 55.1 Å². The van der Waals surface area contributed by atoms with Crippen molar-refractivity contribution >= 4 is 17.2 Å². The molecule has 0 aliphatic carbocycles. The molecule has 2 aromatic rings. The molecule has 3 N–H and O–H groups in total. The molecule has 4 heteroatoms. The van der Waals surface area contributed by atoms with Crippen LogP contribution in [0.2, 0.25) is 0 Å². The molecule has 0 aliphatic heterocycles. The molecule has 1 aromatic carbocycles. The molecule has 3 nitrogen and oxygen atoms in total. The predicted octanol–water partition coefficient (Wildman–Crippen LogP) is 2.82. The molecule has 0 spiro atoms. The van der Waals surface area contributed by atoms with Gasteiger partial charge in [-0.15, -0.1) is 11.3 Å². The molecule has 1 unspecified atom stereocenters. The van der Waals surface area contributed by atoms with E-state index < -0.39 is 0 Å². The summed E-state index contributed by atoms with van der Waals surface area (Å²) in [7, 11) is 0. The van der Waals surface area contributed by atoms with Crippen LogP contribution < -0.4 is 11.1 Å². The van der Waals surface area contributed by atoms with Crippen LogP contribution in [0.3, 0.4) is 0 Å². The number of rotatable bonds is 6. The van der Waals surface area contributed by atoms with Gasteiger partial charge in [0.1, 0.15) is 0 Å². The Bertz CT molecular complexity index is 534. The van der Waals surface area contributed by atoms with Crippen LogP contribution >= 0.6 is 11.3 Å². The maximum atomic E-state index is 12.0. The van der Waals surface area contributed by atoms with E-state index >= 15 is 0 Å². The molecule has 1 heterocycles. The van der Waals surface area contributed by atoms with Crippen molar-refractivity contribution in [3.63, 3.8) is 0 Å². The third-order valence-corrected chi connectivity index (χ3v) is 4.09. The number of nitrogens with one attached hydrogen (secondary N) is 1. The fourth-order valence-corrected chi connectivity index (χ4v) is 2.88. The quantitative estimate of drug-likeness (QED) is 0.859. The van der Waals surface area contributed by atoms with Gasteiger partial charge < -0.3 is 11.1 Å². The Hall–Kier alpha value is -1.65. The zero-order chi connectivity index (χ0) is 14.4. The van der Waals surface area contributed by atoms with Crippen LogP contribution in [0.1, 0.15) is 27.7 Å². The van der Waals surface area contributed by atoms with E-state index in [0.29, 0.717) is 24.6 Å². The molecule has 0 saturated heterocycles. The first-order chi connectivity index (χ1) is 9.69. The lowest BCUT2D eigenvalue weighted by Crippen LogP contribution is -2.28. The molecule has 106 valence electrons. The summed E-state index contributed by atoms with van der Waals surface area (Å²) < 4.78 is 0. The van der Waals surface area contributed by atoms with Crippen molar-refractivity contribution in [3.05, 3.63) is 57.8 Å². The number of hydrogen-bond donors (Lipinski definition) is 2. The number of hydrogen-bond acceptors (Lipinski definition) is 3. The van der Waals surface area contributed by atoms with Gasteiger partial charge in [0.15, 0.2) is 0 Å². The molecule has 0 saturated carbocycles. The van der Waals surface area contributed by atoms with Crippen LogP contribution in [0.15, 0.2) is 41.8 Å². The maximum absolute atomic E-state index is 12.0. The summed E-state index contributed by atoms with van der Waals surface area (Å²) in [5.41, 5.74) is 7.26. The van der Waals surface area contributed by atoms with Crippen molar-refractivity contribution in [1.82, 2.24) is 5.32 Å². The Balaban J connectivity index is 1.81. The zero-order valence-corrected chi connectivity index (χ0v) is 12.5. The van der Waals surface area contributed by atoms with Gasteiger partial charge in [0.25, 0.3) is 5.91 Å². The lowest BCUT2D eigenvalue weighted by Gasteiger charge is -2.12. The highest BCUT2D eigenvalue weighted by Gasteiger charge is 2.09. The minimum absolute atomic E-state index is 0.0217. The van der Waals surface area contributed by atoms with E-state index in [2.05, 4.69) is 29.8 Å². The SMILES string of the molecule is CC(CNC(=O)c1ccc(CN)cc1)Cc1cccs1. The van der Waals surface area contributed by atoms with Crippen molar-refractivity contribution in [2.24, 2.45) is 11.7 Å². The van der Waals surface area contributed by atoms with Gasteiger partial charge in [-0.2, -0.15) is 0 Å². The van der Waals surface area contributed by atoms with Gasteiger partial charge in [-0.3, -0.25) is 4.79 Å². The van der Waals surface area contributed by atoms with Crippen LogP contribution in [-0.4, -0.2) is 12.5 Å². The number of carbonyl (C=O) groups excluding carboxylic acids is 1. The molecular weight excluding hydrogens is 268 g/mol. The van der Waals surface area contributed by atoms with Gasteiger partial charge in [0.2, 0.25) is 0 Å². The van der Waals surface area contributed by atoms with Gasteiger partial charge in [-0.25, -0.2) is 0 Å². The molecule has 1 aromatic heterocycles. The van der Waals surface area contributed by atoms with Crippen molar-refractivity contribution in [2.75, 3.05) is 6.54 Å². The Morgan fingerprint density at radius 1 is 1.30 bits per heavy atom. The standard InChI is InChI=1S/C16H20N2OS/c1-12(9-15-3-2-8-20-15)11-18-16(19)14-6-4-13(10-17)5-7-14/h2-8,12H,9-11,17H2,1H3,(H,18,19). The van der Waals surface area contributed by atoms with E-state index in [9.17, 15) is 4.79 Å². The Labute approximate surface area is 123 Å². The summed E-state index contributed by atoms with van der Waals surface area (Å²) in [4.78, 5) is 13.4. The summed E-state index contributed by atoms with van der Waals surface area (Å²) >= 11 is 1.76. The Kier molecular flexibility index (Phi) is 5.32. The average Bonchev–Trinajstić information content (AvgIpc) is 2.97. The monoisotopic (exact) mass is 288 g/mol. The minimum atomic E-state index is -0.0217. The lowest BCUT2D eigenvalue weighted by atomic mass is 10.1. The second kappa shape index (κ2) is 7.22. The summed E-state index contributed by atoms with van der Waals surface area (Å²) in [6, 6.07) is 11.6. The highest BCUT2D eigenvalue weighted by Crippen LogP contribution is 2.14. The molecule has 2 rings (SSSR count). The zero-order valence-electron chi connectivity index (χ0n) is 11.6. The summed E-state index contributed by atoms with van der Waals surface area (Å²) in [6.07, 6.45) is 1.00. The van der Waals surface area contributed by atoms with E-state index in [1.807, 2.05) is 24.3 Å². The fourth-order valence-electron chi connectivity index (χ4n) is 2.01. The third kappa shape index (κ3) is 4.18. The van der Waals surface area contributed by atoms with Crippen molar-refractivity contribution in [1.29, 1.82) is 0 Å². The summed E-state index contributed by atoms with van der Waals surface area (Å²) in [5, 5.41) is 5.07. The average molecular weight is 288 g/mol. The fraction of sp³-hybridized carbons (Fsp3) is 0.312. The molecule has 0 aliphatic rings. The van der Waals surface area contributed by atoms with Crippen LogP contribution in [0.25, 0.3) is 0 Å². The number of benzene rings is 1. The minimum Gasteiger partial charge on any atom is -0.352 e. The normalized spacial score (nSPS) is 12.1. The van der Waals surface area contributed by atoms with E-state index in [0.717, 1.165) is 12.0 Å². The first kappa shape index (κ1) is 14.8. The summed E-state index contributed by atoms with van der Waals surface area (Å²) in [6.45, 7) is 3.34. The van der Waals surface area contributed by atoms with Crippen LogP contribution in [0.5, 0.6) is 0 Å². The smallest absolute Gasteiger partial charge is 0.251 e. The van der Waals surface area contributed by atoms with Gasteiger partial charge in [0, 0.05) is 23.5 Å². The van der Waals surface area contributed by atoms with E-state index in [1.54, 1.807) is 11.3 Å². The van der Waals surface area contributed by atoms with Crippen LogP contribution in [0.4, 0.5) is 0 Å². The number of amides is 1. The van der Waals surface area contributed by atoms with Crippen molar-refractivity contribution in [3.8, 4) is 0 Å². The van der Waals surface area contributed by atoms with E-state index in [-0.39, 0.29) is 5.91 Å². The molecule has 1 amide bonds. The van der Waals surface area contributed by atoms with Crippen molar-refractivity contribution in [2.45, 2.75) is 19.9 Å². The second-order valence-electron chi connectivity index (χ2n) is 5.00. The maximum Gasteiger partial charge on any atom is 0.251 e. The Morgan fingerprint density at radius 2 is 2.05 bits per heavy atom. The van der Waals surface area contributed by atoms with Gasteiger partial charge in [-0.05, 0) is 41.5 Å². The predicted molar refractivity (Wildman–Crippen MR) is 83.9 cm³/mol. The van der Waals surface area contributed by atoms with Gasteiger partial charge >= 0.3 is 0 Å². The molecule has 0 bridgehead atoms. The van der Waals surface area contributed by atoms with Crippen LogP contribution in [-0.2, 0) is 13.0 Å². The molecule has 0 radical (unpaired) electrons. The lowest BCUT2D eigenvalue weighted by molar-refractivity contribution is 0.0948. The first-order valence-electron chi connectivity index (χ1n) is 6.78. The van der Waals surface area contributed by atoms with Gasteiger partial charge in [-0.1, -0.05) is 25.1 Å². The van der Waals surface area contributed by atoms with Crippen LogP contribution in [0, 0.1) is 5.92 Å². The van der Waals surface area contributed by atoms with E-state index in [4.69, 9.17) is 5.73 Å². The number of nitrogens with two attached hydrogens (primary N) is 1. The molecule has 0 fully saturated rings. The Morgan fingerprint density at radius 3 is 2.65 bits per heavy atom. The third-order valence-electron chi connectivity index (χ3n) is 3.19. The number of carbonyl (C=O) groups is 1. The molecule has 20 heavy (non-hydrogen) atoms. The highest BCUT2D eigenvalue weighted by atomic mass is 32.1.